The Morgan fingerprint density at radius 3 is 2.82 bits per heavy atom. The fourth-order valence-electron chi connectivity index (χ4n) is 2.07. The molecule has 1 aliphatic heterocycles. The van der Waals surface area contributed by atoms with Crippen LogP contribution >= 0.6 is 23.4 Å². The van der Waals surface area contributed by atoms with E-state index in [0.717, 1.165) is 31.2 Å². The summed E-state index contributed by atoms with van der Waals surface area (Å²) >= 11 is 8.34. The summed E-state index contributed by atoms with van der Waals surface area (Å²) in [5, 5.41) is 4.25. The van der Waals surface area contributed by atoms with E-state index in [4.69, 9.17) is 11.6 Å². The highest BCUT2D eigenvalue weighted by Crippen LogP contribution is 2.29. The molecule has 94 valence electrons. The predicted octanol–water partition coefficient (Wildman–Crippen LogP) is 3.00. The lowest BCUT2D eigenvalue weighted by atomic mass is 10.1. The third-order valence-electron chi connectivity index (χ3n) is 3.00. The minimum atomic E-state index is 0.856. The third kappa shape index (κ3) is 3.30. The molecule has 0 aromatic heterocycles. The number of rotatable bonds is 4. The molecule has 0 amide bonds. The minimum absolute atomic E-state index is 0.856. The van der Waals surface area contributed by atoms with Gasteiger partial charge >= 0.3 is 0 Å². The highest BCUT2D eigenvalue weighted by molar-refractivity contribution is 7.99. The van der Waals surface area contributed by atoms with E-state index in [1.54, 1.807) is 0 Å². The van der Waals surface area contributed by atoms with Gasteiger partial charge in [0.2, 0.25) is 0 Å². The summed E-state index contributed by atoms with van der Waals surface area (Å²) in [6.45, 7) is 6.21. The van der Waals surface area contributed by atoms with Crippen LogP contribution in [0.2, 0.25) is 5.02 Å². The van der Waals surface area contributed by atoms with Gasteiger partial charge in [0.25, 0.3) is 0 Å². The SMILES string of the molecule is CCNCc1c(Cl)cccc1N1CCSCC1. The summed E-state index contributed by atoms with van der Waals surface area (Å²) in [6, 6.07) is 6.22. The molecule has 2 nitrogen and oxygen atoms in total. The van der Waals surface area contributed by atoms with Crippen molar-refractivity contribution in [1.29, 1.82) is 0 Å². The van der Waals surface area contributed by atoms with Crippen LogP contribution in [0.5, 0.6) is 0 Å². The van der Waals surface area contributed by atoms with Gasteiger partial charge in [-0.3, -0.25) is 0 Å². The maximum Gasteiger partial charge on any atom is 0.0471 e. The molecule has 1 aromatic rings. The van der Waals surface area contributed by atoms with Crippen LogP contribution < -0.4 is 10.2 Å². The predicted molar refractivity (Wildman–Crippen MR) is 78.4 cm³/mol. The van der Waals surface area contributed by atoms with E-state index in [1.165, 1.54) is 22.8 Å². The lowest BCUT2D eigenvalue weighted by Gasteiger charge is -2.30. The quantitative estimate of drug-likeness (QED) is 0.906. The second kappa shape index (κ2) is 6.53. The lowest BCUT2D eigenvalue weighted by Crippen LogP contribution is -2.33. The van der Waals surface area contributed by atoms with Gasteiger partial charge in [-0.25, -0.2) is 0 Å². The van der Waals surface area contributed by atoms with Crippen molar-refractivity contribution in [3.8, 4) is 0 Å². The number of thioether (sulfide) groups is 1. The molecule has 0 bridgehead atoms. The molecule has 1 heterocycles. The zero-order valence-corrected chi connectivity index (χ0v) is 11.8. The van der Waals surface area contributed by atoms with Crippen LogP contribution in [0.3, 0.4) is 0 Å². The first-order chi connectivity index (χ1) is 8.33. The van der Waals surface area contributed by atoms with E-state index in [0.29, 0.717) is 0 Å². The van der Waals surface area contributed by atoms with Gasteiger partial charge in [0, 0.05) is 47.4 Å². The van der Waals surface area contributed by atoms with Gasteiger partial charge in [-0.2, -0.15) is 11.8 Å². The van der Waals surface area contributed by atoms with Crippen LogP contribution in [0.1, 0.15) is 12.5 Å². The average Bonchev–Trinajstić information content (AvgIpc) is 2.38. The van der Waals surface area contributed by atoms with Crippen LogP contribution in [0, 0.1) is 0 Å². The van der Waals surface area contributed by atoms with E-state index in [9.17, 15) is 0 Å². The van der Waals surface area contributed by atoms with E-state index >= 15 is 0 Å². The van der Waals surface area contributed by atoms with Gasteiger partial charge in [-0.05, 0) is 18.7 Å². The molecule has 1 aromatic carbocycles. The molecule has 4 heteroatoms. The molecular weight excluding hydrogens is 252 g/mol. The highest BCUT2D eigenvalue weighted by Gasteiger charge is 2.15. The summed E-state index contributed by atoms with van der Waals surface area (Å²) in [4.78, 5) is 2.45. The average molecular weight is 271 g/mol. The molecule has 2 rings (SSSR count). The number of hydrogen-bond donors (Lipinski definition) is 1. The van der Waals surface area contributed by atoms with E-state index in [-0.39, 0.29) is 0 Å². The van der Waals surface area contributed by atoms with Crippen LogP contribution in [-0.4, -0.2) is 31.1 Å². The smallest absolute Gasteiger partial charge is 0.0471 e. The van der Waals surface area contributed by atoms with Crippen molar-refractivity contribution < 1.29 is 0 Å². The summed E-state index contributed by atoms with van der Waals surface area (Å²) in [5.41, 5.74) is 2.54. The molecular formula is C13H19ClN2S. The molecule has 1 saturated heterocycles. The van der Waals surface area contributed by atoms with Gasteiger partial charge in [0.1, 0.15) is 0 Å². The summed E-state index contributed by atoms with van der Waals surface area (Å²) in [7, 11) is 0. The summed E-state index contributed by atoms with van der Waals surface area (Å²) < 4.78 is 0. The van der Waals surface area contributed by atoms with Crippen molar-refractivity contribution in [3.63, 3.8) is 0 Å². The van der Waals surface area contributed by atoms with Gasteiger partial charge in [0.05, 0.1) is 0 Å². The minimum Gasteiger partial charge on any atom is -0.370 e. The fourth-order valence-corrected chi connectivity index (χ4v) is 3.21. The Labute approximate surface area is 113 Å². The Hall–Kier alpha value is -0.380. The van der Waals surface area contributed by atoms with Gasteiger partial charge in [-0.1, -0.05) is 24.6 Å². The van der Waals surface area contributed by atoms with Crippen molar-refractivity contribution in [2.45, 2.75) is 13.5 Å². The molecule has 0 saturated carbocycles. The number of nitrogens with one attached hydrogen (secondary N) is 1. The molecule has 1 N–H and O–H groups in total. The summed E-state index contributed by atoms with van der Waals surface area (Å²) in [5.74, 6) is 2.43. The van der Waals surface area contributed by atoms with Crippen molar-refractivity contribution in [2.24, 2.45) is 0 Å². The molecule has 0 atom stereocenters. The highest BCUT2D eigenvalue weighted by atomic mass is 35.5. The molecule has 0 aliphatic carbocycles. The fraction of sp³-hybridized carbons (Fsp3) is 0.538. The maximum atomic E-state index is 6.31. The number of nitrogens with zero attached hydrogens (tertiary/aromatic N) is 1. The topological polar surface area (TPSA) is 15.3 Å². The Bertz CT molecular complexity index is 364. The Morgan fingerprint density at radius 2 is 2.12 bits per heavy atom. The van der Waals surface area contributed by atoms with Crippen LogP contribution in [0.25, 0.3) is 0 Å². The Morgan fingerprint density at radius 1 is 1.35 bits per heavy atom. The van der Waals surface area contributed by atoms with Crippen LogP contribution in [0.4, 0.5) is 5.69 Å². The number of hydrogen-bond acceptors (Lipinski definition) is 3. The third-order valence-corrected chi connectivity index (χ3v) is 4.29. The first kappa shape index (κ1) is 13.1. The van der Waals surface area contributed by atoms with Gasteiger partial charge < -0.3 is 10.2 Å². The second-order valence-electron chi connectivity index (χ2n) is 4.12. The number of halogens is 1. The van der Waals surface area contributed by atoms with Crippen LogP contribution in [0.15, 0.2) is 18.2 Å². The maximum absolute atomic E-state index is 6.31. The van der Waals surface area contributed by atoms with E-state index in [1.807, 2.05) is 17.8 Å². The monoisotopic (exact) mass is 270 g/mol. The van der Waals surface area contributed by atoms with Gasteiger partial charge in [-0.15, -0.1) is 0 Å². The standard InChI is InChI=1S/C13H19ClN2S/c1-2-15-10-11-12(14)4-3-5-13(11)16-6-8-17-9-7-16/h3-5,15H,2,6-10H2,1H3. The zero-order valence-electron chi connectivity index (χ0n) is 10.2. The van der Waals surface area contributed by atoms with E-state index < -0.39 is 0 Å². The van der Waals surface area contributed by atoms with Crippen molar-refractivity contribution in [1.82, 2.24) is 5.32 Å². The molecule has 17 heavy (non-hydrogen) atoms. The Kier molecular flexibility index (Phi) is 5.01. The normalized spacial score (nSPS) is 16.2. The largest absolute Gasteiger partial charge is 0.370 e. The second-order valence-corrected chi connectivity index (χ2v) is 5.75. The van der Waals surface area contributed by atoms with Crippen LogP contribution in [-0.2, 0) is 6.54 Å². The van der Waals surface area contributed by atoms with E-state index in [2.05, 4.69) is 29.3 Å². The molecule has 0 spiro atoms. The van der Waals surface area contributed by atoms with Crippen molar-refractivity contribution >= 4 is 29.1 Å². The molecule has 1 aliphatic rings. The number of benzene rings is 1. The first-order valence-corrected chi connectivity index (χ1v) is 7.67. The van der Waals surface area contributed by atoms with Crippen molar-refractivity contribution in [2.75, 3.05) is 36.0 Å². The first-order valence-electron chi connectivity index (χ1n) is 6.13. The van der Waals surface area contributed by atoms with Crippen molar-refractivity contribution in [3.05, 3.63) is 28.8 Å². The molecule has 0 radical (unpaired) electrons. The zero-order chi connectivity index (χ0) is 12.1. The molecule has 0 unspecified atom stereocenters. The van der Waals surface area contributed by atoms with Gasteiger partial charge in [0.15, 0.2) is 0 Å². The number of anilines is 1. The molecule has 1 fully saturated rings. The lowest BCUT2D eigenvalue weighted by molar-refractivity contribution is 0.721. The summed E-state index contributed by atoms with van der Waals surface area (Å²) in [6.07, 6.45) is 0. The Balaban J connectivity index is 2.21.